The van der Waals surface area contributed by atoms with Gasteiger partial charge >= 0.3 is 0 Å². The maximum absolute atomic E-state index is 9.46. The van der Waals surface area contributed by atoms with E-state index in [2.05, 4.69) is 30.1 Å². The number of ether oxygens (including phenoxy) is 1. The summed E-state index contributed by atoms with van der Waals surface area (Å²) >= 11 is 0. The number of nitrogens with one attached hydrogen (secondary N) is 1. The maximum Gasteiger partial charge on any atom is 0.0852 e. The second-order valence-corrected chi connectivity index (χ2v) is 5.31. The summed E-state index contributed by atoms with van der Waals surface area (Å²) in [4.78, 5) is 0. The van der Waals surface area contributed by atoms with Crippen LogP contribution in [0.2, 0.25) is 0 Å². The largest absolute Gasteiger partial charge is 0.380 e. The highest BCUT2D eigenvalue weighted by Crippen LogP contribution is 2.43. The monoisotopic (exact) mass is 270 g/mol. The lowest BCUT2D eigenvalue weighted by atomic mass is 9.62. The van der Waals surface area contributed by atoms with Gasteiger partial charge in [-0.25, -0.2) is 0 Å². The quantitative estimate of drug-likeness (QED) is 0.583. The smallest absolute Gasteiger partial charge is 0.0852 e. The summed E-state index contributed by atoms with van der Waals surface area (Å²) in [5.41, 5.74) is 0.852. The van der Waals surface area contributed by atoms with E-state index in [0.717, 1.165) is 44.6 Å². The number of rotatable bonds is 8. The Morgan fingerprint density at radius 1 is 1.35 bits per heavy atom. The molecule has 0 unspecified atom stereocenters. The van der Waals surface area contributed by atoms with Crippen molar-refractivity contribution in [3.63, 3.8) is 0 Å². The van der Waals surface area contributed by atoms with Gasteiger partial charge in [0, 0.05) is 12.6 Å². The summed E-state index contributed by atoms with van der Waals surface area (Å²) < 4.78 is 5.46. The van der Waals surface area contributed by atoms with Crippen molar-refractivity contribution in [1.82, 2.24) is 5.32 Å². The van der Waals surface area contributed by atoms with Crippen LogP contribution in [0.25, 0.3) is 0 Å². The molecule has 1 aromatic rings. The lowest BCUT2D eigenvalue weighted by Gasteiger charge is -2.43. The van der Waals surface area contributed by atoms with E-state index in [0.29, 0.717) is 6.04 Å². The molecule has 1 aliphatic rings. The molecular weight excluding hydrogens is 248 g/mol. The average Bonchev–Trinajstić information content (AvgIpc) is 2.46. The average molecular weight is 270 g/mol. The van der Waals surface area contributed by atoms with Gasteiger partial charge in [-0.05, 0) is 24.8 Å². The Morgan fingerprint density at radius 2 is 2.10 bits per heavy atom. The van der Waals surface area contributed by atoms with Gasteiger partial charge < -0.3 is 10.1 Å². The van der Waals surface area contributed by atoms with Crippen LogP contribution in [0.3, 0.4) is 0 Å². The highest BCUT2D eigenvalue weighted by atomic mass is 16.5. The van der Waals surface area contributed by atoms with Crippen LogP contribution in [0.4, 0.5) is 0 Å². The van der Waals surface area contributed by atoms with E-state index in [4.69, 9.17) is 4.74 Å². The molecule has 3 nitrogen and oxygen atoms in total. The minimum Gasteiger partial charge on any atom is -0.380 e. The van der Waals surface area contributed by atoms with Gasteiger partial charge in [-0.15, -0.1) is 6.58 Å². The molecule has 1 aromatic carbocycles. The first kappa shape index (κ1) is 14.8. The molecule has 1 saturated carbocycles. The van der Waals surface area contributed by atoms with Crippen molar-refractivity contribution >= 4 is 0 Å². The molecule has 0 aromatic heterocycles. The highest BCUT2D eigenvalue weighted by Gasteiger charge is 2.45. The van der Waals surface area contributed by atoms with Gasteiger partial charge in [0.1, 0.15) is 0 Å². The third-order valence-electron chi connectivity index (χ3n) is 3.88. The predicted molar refractivity (Wildman–Crippen MR) is 80.4 cm³/mol. The van der Waals surface area contributed by atoms with Gasteiger partial charge in [0.15, 0.2) is 0 Å². The Morgan fingerprint density at radius 3 is 2.75 bits per heavy atom. The molecule has 3 heteroatoms. The predicted octanol–water partition coefficient (Wildman–Crippen LogP) is 2.79. The Bertz CT molecular complexity index is 458. The van der Waals surface area contributed by atoms with Crippen molar-refractivity contribution in [2.75, 3.05) is 19.8 Å². The van der Waals surface area contributed by atoms with E-state index in [1.807, 2.05) is 24.3 Å². The topological polar surface area (TPSA) is 45.0 Å². The Labute approximate surface area is 121 Å². The summed E-state index contributed by atoms with van der Waals surface area (Å²) in [6.07, 6.45) is 4.54. The van der Waals surface area contributed by atoms with Crippen molar-refractivity contribution in [3.8, 4) is 6.07 Å². The summed E-state index contributed by atoms with van der Waals surface area (Å²) in [7, 11) is 0. The second-order valence-electron chi connectivity index (χ2n) is 5.31. The van der Waals surface area contributed by atoms with Crippen LogP contribution in [0.1, 0.15) is 24.8 Å². The van der Waals surface area contributed by atoms with Crippen LogP contribution in [0.5, 0.6) is 0 Å². The summed E-state index contributed by atoms with van der Waals surface area (Å²) in [6.45, 7) is 5.96. The van der Waals surface area contributed by atoms with E-state index in [1.165, 1.54) is 0 Å². The molecule has 1 fully saturated rings. The van der Waals surface area contributed by atoms with Gasteiger partial charge in [0.2, 0.25) is 0 Å². The number of nitrogens with zero attached hydrogens (tertiary/aromatic N) is 1. The van der Waals surface area contributed by atoms with E-state index in [-0.39, 0.29) is 5.41 Å². The third-order valence-corrected chi connectivity index (χ3v) is 3.88. The number of hydrogen-bond donors (Lipinski definition) is 1. The van der Waals surface area contributed by atoms with Crippen molar-refractivity contribution < 1.29 is 4.74 Å². The zero-order chi connectivity index (χ0) is 14.3. The molecule has 1 aliphatic carbocycles. The molecule has 0 bridgehead atoms. The Balaban J connectivity index is 1.70. The molecule has 0 saturated heterocycles. The Hall–Kier alpha value is -1.63. The number of hydrogen-bond acceptors (Lipinski definition) is 3. The fourth-order valence-electron chi connectivity index (χ4n) is 2.68. The SMILES string of the molecule is C=CCCOCCNC1CC(C#N)(c2ccccc2)C1. The Kier molecular flexibility index (Phi) is 5.34. The zero-order valence-corrected chi connectivity index (χ0v) is 11.8. The van der Waals surface area contributed by atoms with Gasteiger partial charge in [0.05, 0.1) is 24.7 Å². The van der Waals surface area contributed by atoms with E-state index in [9.17, 15) is 5.26 Å². The summed E-state index contributed by atoms with van der Waals surface area (Å²) in [5.74, 6) is 0. The molecule has 1 N–H and O–H groups in total. The molecule has 106 valence electrons. The zero-order valence-electron chi connectivity index (χ0n) is 11.8. The maximum atomic E-state index is 9.46. The van der Waals surface area contributed by atoms with Crippen LogP contribution in [-0.2, 0) is 10.2 Å². The van der Waals surface area contributed by atoms with E-state index < -0.39 is 0 Å². The van der Waals surface area contributed by atoms with Crippen LogP contribution in [0.15, 0.2) is 43.0 Å². The van der Waals surface area contributed by atoms with Gasteiger partial charge in [-0.2, -0.15) is 5.26 Å². The molecule has 0 amide bonds. The van der Waals surface area contributed by atoms with Crippen LogP contribution in [-0.4, -0.2) is 25.8 Å². The first-order valence-corrected chi connectivity index (χ1v) is 7.19. The van der Waals surface area contributed by atoms with Gasteiger partial charge in [-0.1, -0.05) is 36.4 Å². The van der Waals surface area contributed by atoms with Crippen molar-refractivity contribution in [1.29, 1.82) is 5.26 Å². The first-order valence-electron chi connectivity index (χ1n) is 7.19. The van der Waals surface area contributed by atoms with Gasteiger partial charge in [-0.3, -0.25) is 0 Å². The number of benzene rings is 1. The normalized spacial score (nSPS) is 24.6. The molecule has 0 heterocycles. The molecule has 0 aliphatic heterocycles. The lowest BCUT2D eigenvalue weighted by Crippen LogP contribution is -2.51. The van der Waals surface area contributed by atoms with E-state index >= 15 is 0 Å². The van der Waals surface area contributed by atoms with Crippen molar-refractivity contribution in [2.45, 2.75) is 30.7 Å². The lowest BCUT2D eigenvalue weighted by molar-refractivity contribution is 0.128. The minimum atomic E-state index is -0.289. The molecule has 20 heavy (non-hydrogen) atoms. The first-order chi connectivity index (χ1) is 9.80. The third kappa shape index (κ3) is 3.47. The summed E-state index contributed by atoms with van der Waals surface area (Å²) in [6, 6.07) is 13.0. The minimum absolute atomic E-state index is 0.289. The van der Waals surface area contributed by atoms with Crippen LogP contribution >= 0.6 is 0 Å². The van der Waals surface area contributed by atoms with Gasteiger partial charge in [0.25, 0.3) is 0 Å². The number of nitriles is 1. The fraction of sp³-hybridized carbons (Fsp3) is 0.471. The van der Waals surface area contributed by atoms with Crippen LogP contribution in [0, 0.1) is 11.3 Å². The van der Waals surface area contributed by atoms with Crippen molar-refractivity contribution in [3.05, 3.63) is 48.6 Å². The molecule has 0 radical (unpaired) electrons. The fourth-order valence-corrected chi connectivity index (χ4v) is 2.68. The summed E-state index contributed by atoms with van der Waals surface area (Å²) in [5, 5.41) is 12.9. The molecule has 0 spiro atoms. The molecular formula is C17H22N2O. The second kappa shape index (κ2) is 7.23. The molecule has 0 atom stereocenters. The molecule has 2 rings (SSSR count). The highest BCUT2D eigenvalue weighted by molar-refractivity contribution is 5.36. The standard InChI is InChI=1S/C17H22N2O/c1-2-3-10-20-11-9-19-16-12-17(13-16,14-18)15-7-5-4-6-8-15/h2,4-8,16,19H,1,3,9-13H2. The van der Waals surface area contributed by atoms with Crippen molar-refractivity contribution in [2.24, 2.45) is 0 Å². The van der Waals surface area contributed by atoms with E-state index in [1.54, 1.807) is 0 Å². The van der Waals surface area contributed by atoms with Crippen LogP contribution < -0.4 is 5.32 Å².